The number of anilines is 1. The first-order valence-corrected chi connectivity index (χ1v) is 7.03. The van der Waals surface area contributed by atoms with E-state index in [4.69, 9.17) is 5.73 Å². The molecule has 6 heteroatoms. The van der Waals surface area contributed by atoms with Gasteiger partial charge in [-0.3, -0.25) is 0 Å². The number of aromatic nitrogens is 3. The van der Waals surface area contributed by atoms with E-state index in [1.165, 1.54) is 12.8 Å². The van der Waals surface area contributed by atoms with E-state index in [1.807, 2.05) is 12.1 Å². The predicted molar refractivity (Wildman–Crippen MR) is 76.6 cm³/mol. The fourth-order valence-electron chi connectivity index (χ4n) is 1.77. The number of nitrogens with two attached hydrogens (primary N) is 1. The van der Waals surface area contributed by atoms with Crippen molar-refractivity contribution in [1.82, 2.24) is 14.6 Å². The molecule has 0 aliphatic heterocycles. The van der Waals surface area contributed by atoms with E-state index in [-0.39, 0.29) is 0 Å². The number of hydrogen-bond donors (Lipinski definition) is 2. The second kappa shape index (κ2) is 6.15. The molecule has 3 N–H and O–H groups in total. The summed E-state index contributed by atoms with van der Waals surface area (Å²) >= 11 is 3.47. The van der Waals surface area contributed by atoms with Crippen LogP contribution in [0.15, 0.2) is 16.7 Å². The number of nitrogens with zero attached hydrogens (tertiary/aromatic N) is 3. The SMILES string of the molecule is CCCCCNc1ccc2nc(CN)c(Br)n2n1. The van der Waals surface area contributed by atoms with Gasteiger partial charge in [-0.05, 0) is 34.5 Å². The van der Waals surface area contributed by atoms with Crippen molar-refractivity contribution in [3.63, 3.8) is 0 Å². The quantitative estimate of drug-likeness (QED) is 0.804. The molecule has 0 aliphatic carbocycles. The summed E-state index contributed by atoms with van der Waals surface area (Å²) in [6.45, 7) is 3.55. The maximum Gasteiger partial charge on any atom is 0.155 e. The third-order valence-corrected chi connectivity index (χ3v) is 3.56. The van der Waals surface area contributed by atoms with Crippen LogP contribution in [0.5, 0.6) is 0 Å². The molecule has 0 saturated heterocycles. The lowest BCUT2D eigenvalue weighted by molar-refractivity contribution is 0.740. The molecule has 0 aliphatic rings. The molecule has 0 bridgehead atoms. The Kier molecular flexibility index (Phi) is 4.54. The third-order valence-electron chi connectivity index (χ3n) is 2.77. The van der Waals surface area contributed by atoms with Crippen molar-refractivity contribution in [2.24, 2.45) is 5.73 Å². The van der Waals surface area contributed by atoms with E-state index >= 15 is 0 Å². The van der Waals surface area contributed by atoms with E-state index in [0.717, 1.165) is 34.7 Å². The molecular weight excluding hydrogens is 294 g/mol. The van der Waals surface area contributed by atoms with Gasteiger partial charge in [-0.1, -0.05) is 19.8 Å². The van der Waals surface area contributed by atoms with E-state index in [0.29, 0.717) is 6.54 Å². The highest BCUT2D eigenvalue weighted by Gasteiger charge is 2.09. The molecule has 2 rings (SSSR count). The van der Waals surface area contributed by atoms with E-state index in [2.05, 4.69) is 38.3 Å². The Morgan fingerprint density at radius 1 is 1.39 bits per heavy atom. The Hall–Kier alpha value is -1.14. The topological polar surface area (TPSA) is 68.2 Å². The molecule has 0 aromatic carbocycles. The van der Waals surface area contributed by atoms with Crippen molar-refractivity contribution in [3.05, 3.63) is 22.4 Å². The highest BCUT2D eigenvalue weighted by atomic mass is 79.9. The van der Waals surface area contributed by atoms with Crippen LogP contribution < -0.4 is 11.1 Å². The Morgan fingerprint density at radius 3 is 2.94 bits per heavy atom. The third kappa shape index (κ3) is 2.81. The zero-order valence-electron chi connectivity index (χ0n) is 10.5. The number of hydrogen-bond acceptors (Lipinski definition) is 4. The first-order chi connectivity index (χ1) is 8.76. The molecule has 0 unspecified atom stereocenters. The van der Waals surface area contributed by atoms with E-state index in [1.54, 1.807) is 4.52 Å². The normalized spacial score (nSPS) is 11.1. The lowest BCUT2D eigenvalue weighted by Gasteiger charge is -2.05. The summed E-state index contributed by atoms with van der Waals surface area (Å²) in [5.41, 5.74) is 7.25. The molecular formula is C12H18BrN5. The number of halogens is 1. The maximum absolute atomic E-state index is 5.62. The number of unbranched alkanes of at least 4 members (excludes halogenated alkanes) is 2. The molecule has 0 amide bonds. The first-order valence-electron chi connectivity index (χ1n) is 6.24. The molecule has 0 spiro atoms. The smallest absolute Gasteiger partial charge is 0.155 e. The lowest BCUT2D eigenvalue weighted by Crippen LogP contribution is -2.05. The second-order valence-corrected chi connectivity index (χ2v) is 4.93. The van der Waals surface area contributed by atoms with Gasteiger partial charge in [0.25, 0.3) is 0 Å². The molecule has 0 saturated carbocycles. The van der Waals surface area contributed by atoms with Crippen molar-refractivity contribution in [1.29, 1.82) is 0 Å². The summed E-state index contributed by atoms with van der Waals surface area (Å²) in [4.78, 5) is 4.38. The van der Waals surface area contributed by atoms with Crippen LogP contribution in [0.2, 0.25) is 0 Å². The van der Waals surface area contributed by atoms with Crippen LogP contribution in [0.3, 0.4) is 0 Å². The zero-order valence-corrected chi connectivity index (χ0v) is 12.1. The van der Waals surface area contributed by atoms with Crippen LogP contribution >= 0.6 is 15.9 Å². The average molecular weight is 312 g/mol. The fourth-order valence-corrected chi connectivity index (χ4v) is 2.28. The fraction of sp³-hybridized carbons (Fsp3) is 0.500. The minimum absolute atomic E-state index is 0.406. The summed E-state index contributed by atoms with van der Waals surface area (Å²) < 4.78 is 2.60. The summed E-state index contributed by atoms with van der Waals surface area (Å²) in [7, 11) is 0. The van der Waals surface area contributed by atoms with Crippen molar-refractivity contribution >= 4 is 27.4 Å². The van der Waals surface area contributed by atoms with E-state index < -0.39 is 0 Å². The highest BCUT2D eigenvalue weighted by Crippen LogP contribution is 2.18. The van der Waals surface area contributed by atoms with Crippen LogP contribution in [0, 0.1) is 0 Å². The lowest BCUT2D eigenvalue weighted by atomic mass is 10.2. The summed E-state index contributed by atoms with van der Waals surface area (Å²) in [6, 6.07) is 3.89. The highest BCUT2D eigenvalue weighted by molar-refractivity contribution is 9.10. The zero-order chi connectivity index (χ0) is 13.0. The molecule has 2 heterocycles. The van der Waals surface area contributed by atoms with Gasteiger partial charge in [0.2, 0.25) is 0 Å². The maximum atomic E-state index is 5.62. The number of nitrogens with one attached hydrogen (secondary N) is 1. The predicted octanol–water partition coefficient (Wildman–Crippen LogP) is 2.55. The first kappa shape index (κ1) is 13.3. The molecule has 0 radical (unpaired) electrons. The second-order valence-electron chi connectivity index (χ2n) is 4.18. The number of rotatable bonds is 6. The standard InChI is InChI=1S/C12H18BrN5/c1-2-3-4-7-15-10-5-6-11-16-9(8-14)12(13)18(11)17-10/h5-6H,2-4,7-8,14H2,1H3,(H,15,17). The molecule has 0 fully saturated rings. The Labute approximate surface area is 115 Å². The minimum Gasteiger partial charge on any atom is -0.369 e. The van der Waals surface area contributed by atoms with E-state index in [9.17, 15) is 0 Å². The van der Waals surface area contributed by atoms with Gasteiger partial charge in [0.15, 0.2) is 5.65 Å². The molecule has 0 atom stereocenters. The van der Waals surface area contributed by atoms with Gasteiger partial charge < -0.3 is 11.1 Å². The molecule has 2 aromatic heterocycles. The molecule has 18 heavy (non-hydrogen) atoms. The van der Waals surface area contributed by atoms with Gasteiger partial charge in [-0.15, -0.1) is 5.10 Å². The van der Waals surface area contributed by atoms with Crippen LogP contribution in [-0.4, -0.2) is 21.1 Å². The minimum atomic E-state index is 0.406. The van der Waals surface area contributed by atoms with Crippen molar-refractivity contribution < 1.29 is 0 Å². The number of fused-ring (bicyclic) bond motifs is 1. The van der Waals surface area contributed by atoms with Crippen molar-refractivity contribution in [2.75, 3.05) is 11.9 Å². The average Bonchev–Trinajstić information content (AvgIpc) is 2.71. The van der Waals surface area contributed by atoms with Crippen LogP contribution in [0.1, 0.15) is 31.9 Å². The van der Waals surface area contributed by atoms with Crippen LogP contribution in [-0.2, 0) is 6.54 Å². The van der Waals surface area contributed by atoms with Crippen molar-refractivity contribution in [3.8, 4) is 0 Å². The van der Waals surface area contributed by atoms with Crippen LogP contribution in [0.25, 0.3) is 5.65 Å². The molecule has 2 aromatic rings. The molecule has 5 nitrogen and oxygen atoms in total. The Morgan fingerprint density at radius 2 is 2.22 bits per heavy atom. The Bertz CT molecular complexity index is 522. The van der Waals surface area contributed by atoms with Gasteiger partial charge in [0.1, 0.15) is 10.4 Å². The summed E-state index contributed by atoms with van der Waals surface area (Å²) in [5.74, 6) is 0.861. The van der Waals surface area contributed by atoms with Gasteiger partial charge in [-0.2, -0.15) is 0 Å². The number of imidazole rings is 1. The van der Waals surface area contributed by atoms with Gasteiger partial charge in [0.05, 0.1) is 5.69 Å². The largest absolute Gasteiger partial charge is 0.369 e. The van der Waals surface area contributed by atoms with Crippen LogP contribution in [0.4, 0.5) is 5.82 Å². The Balaban J connectivity index is 2.13. The molecule has 98 valence electrons. The monoisotopic (exact) mass is 311 g/mol. The van der Waals surface area contributed by atoms with Crippen molar-refractivity contribution in [2.45, 2.75) is 32.7 Å². The van der Waals surface area contributed by atoms with Gasteiger partial charge >= 0.3 is 0 Å². The van der Waals surface area contributed by atoms with Gasteiger partial charge in [0, 0.05) is 13.1 Å². The van der Waals surface area contributed by atoms with Gasteiger partial charge in [-0.25, -0.2) is 9.50 Å². The summed E-state index contributed by atoms with van der Waals surface area (Å²) in [6.07, 6.45) is 3.62. The summed E-state index contributed by atoms with van der Waals surface area (Å²) in [5, 5.41) is 7.80.